The molecule has 2 aliphatic heterocycles. The molecule has 2 aliphatic rings. The van der Waals surface area contributed by atoms with Gasteiger partial charge in [0.15, 0.2) is 0 Å². The van der Waals surface area contributed by atoms with E-state index in [1.807, 2.05) is 36.4 Å². The lowest BCUT2D eigenvalue weighted by Gasteiger charge is -2.24. The summed E-state index contributed by atoms with van der Waals surface area (Å²) in [6.45, 7) is 4.08. The SMILES string of the molecule is C[C@H]1[C@@H](O)C[C@H]2[C@H](OCc3ccccc3)[C@@H](OCc3ccccc3)CN12. The van der Waals surface area contributed by atoms with Crippen molar-refractivity contribution >= 4 is 0 Å². The summed E-state index contributed by atoms with van der Waals surface area (Å²) >= 11 is 0. The lowest BCUT2D eigenvalue weighted by atomic mass is 10.0. The first-order valence-electron chi connectivity index (χ1n) is 9.47. The van der Waals surface area contributed by atoms with E-state index in [0.29, 0.717) is 13.2 Å². The van der Waals surface area contributed by atoms with Crippen LogP contribution in [0, 0.1) is 0 Å². The molecule has 0 unspecified atom stereocenters. The molecule has 4 nitrogen and oxygen atoms in total. The van der Waals surface area contributed by atoms with E-state index >= 15 is 0 Å². The number of nitrogens with zero attached hydrogens (tertiary/aromatic N) is 1. The fourth-order valence-corrected chi connectivity index (χ4v) is 4.20. The zero-order chi connectivity index (χ0) is 17.9. The first-order valence-corrected chi connectivity index (χ1v) is 9.47. The van der Waals surface area contributed by atoms with Gasteiger partial charge in [0, 0.05) is 18.6 Å². The lowest BCUT2D eigenvalue weighted by Crippen LogP contribution is -2.36. The molecule has 0 amide bonds. The normalized spacial score (nSPS) is 31.2. The van der Waals surface area contributed by atoms with Gasteiger partial charge in [-0.05, 0) is 24.5 Å². The van der Waals surface area contributed by atoms with Crippen LogP contribution in [0.5, 0.6) is 0 Å². The van der Waals surface area contributed by atoms with Crippen LogP contribution in [0.25, 0.3) is 0 Å². The van der Waals surface area contributed by atoms with Crippen molar-refractivity contribution in [3.05, 3.63) is 71.8 Å². The summed E-state index contributed by atoms with van der Waals surface area (Å²) in [5.74, 6) is 0. The van der Waals surface area contributed by atoms with Gasteiger partial charge in [0.05, 0.1) is 25.4 Å². The summed E-state index contributed by atoms with van der Waals surface area (Å²) in [5.41, 5.74) is 2.34. The van der Waals surface area contributed by atoms with Crippen molar-refractivity contribution in [3.8, 4) is 0 Å². The molecule has 2 fully saturated rings. The second kappa shape index (κ2) is 7.89. The molecule has 4 rings (SSSR count). The van der Waals surface area contributed by atoms with E-state index in [4.69, 9.17) is 9.47 Å². The maximum Gasteiger partial charge on any atom is 0.101 e. The Kier molecular flexibility index (Phi) is 5.36. The molecule has 2 saturated heterocycles. The molecule has 5 atom stereocenters. The summed E-state index contributed by atoms with van der Waals surface area (Å²) < 4.78 is 12.6. The van der Waals surface area contributed by atoms with Crippen molar-refractivity contribution in [2.75, 3.05) is 6.54 Å². The van der Waals surface area contributed by atoms with Gasteiger partial charge in [-0.3, -0.25) is 4.90 Å². The van der Waals surface area contributed by atoms with Crippen LogP contribution < -0.4 is 0 Å². The minimum atomic E-state index is -0.280. The number of rotatable bonds is 6. The van der Waals surface area contributed by atoms with Crippen molar-refractivity contribution in [2.24, 2.45) is 0 Å². The van der Waals surface area contributed by atoms with E-state index in [0.717, 1.165) is 13.0 Å². The third kappa shape index (κ3) is 3.69. The Morgan fingerprint density at radius 2 is 1.50 bits per heavy atom. The molecule has 2 aromatic carbocycles. The molecule has 26 heavy (non-hydrogen) atoms. The standard InChI is InChI=1S/C22H27NO3/c1-16-20(24)12-19-22(26-15-18-10-6-3-7-11-18)21(13-23(16)19)25-14-17-8-4-2-5-9-17/h2-11,16,19-22,24H,12-15H2,1H3/t16-,19-,20-,21-,22-/m0/s1. The molecular formula is C22H27NO3. The first kappa shape index (κ1) is 17.7. The number of aliphatic hydroxyl groups excluding tert-OH is 1. The molecule has 2 heterocycles. The summed E-state index contributed by atoms with van der Waals surface area (Å²) in [7, 11) is 0. The Hall–Kier alpha value is -1.72. The molecule has 4 heteroatoms. The van der Waals surface area contributed by atoms with Crippen molar-refractivity contribution in [3.63, 3.8) is 0 Å². The summed E-state index contributed by atoms with van der Waals surface area (Å²) in [4.78, 5) is 2.36. The van der Waals surface area contributed by atoms with Crippen molar-refractivity contribution in [2.45, 2.75) is 57.0 Å². The summed E-state index contributed by atoms with van der Waals surface area (Å²) in [6.07, 6.45) is 0.488. The largest absolute Gasteiger partial charge is 0.391 e. The number of aliphatic hydroxyl groups is 1. The number of fused-ring (bicyclic) bond motifs is 1. The summed E-state index contributed by atoms with van der Waals surface area (Å²) in [6, 6.07) is 20.9. The monoisotopic (exact) mass is 353 g/mol. The van der Waals surface area contributed by atoms with Crippen LogP contribution in [0.1, 0.15) is 24.5 Å². The second-order valence-corrected chi connectivity index (χ2v) is 7.40. The molecule has 0 bridgehead atoms. The van der Waals surface area contributed by atoms with Gasteiger partial charge in [0.2, 0.25) is 0 Å². The Labute approximate surface area is 155 Å². The van der Waals surface area contributed by atoms with Gasteiger partial charge in [0.25, 0.3) is 0 Å². The van der Waals surface area contributed by atoms with Crippen LogP contribution in [0.3, 0.4) is 0 Å². The lowest BCUT2D eigenvalue weighted by molar-refractivity contribution is -0.0723. The van der Waals surface area contributed by atoms with Crippen molar-refractivity contribution in [1.82, 2.24) is 4.90 Å². The topological polar surface area (TPSA) is 41.9 Å². The van der Waals surface area contributed by atoms with Gasteiger partial charge in [-0.25, -0.2) is 0 Å². The minimum absolute atomic E-state index is 0.0153. The fraction of sp³-hybridized carbons (Fsp3) is 0.455. The first-order chi connectivity index (χ1) is 12.7. The van der Waals surface area contributed by atoms with Crippen LogP contribution in [0.4, 0.5) is 0 Å². The Morgan fingerprint density at radius 3 is 2.12 bits per heavy atom. The quantitative estimate of drug-likeness (QED) is 0.867. The highest BCUT2D eigenvalue weighted by molar-refractivity contribution is 5.15. The molecule has 0 saturated carbocycles. The van der Waals surface area contributed by atoms with Gasteiger partial charge in [-0.2, -0.15) is 0 Å². The van der Waals surface area contributed by atoms with Crippen molar-refractivity contribution in [1.29, 1.82) is 0 Å². The smallest absolute Gasteiger partial charge is 0.101 e. The van der Waals surface area contributed by atoms with Crippen molar-refractivity contribution < 1.29 is 14.6 Å². The average molecular weight is 353 g/mol. The Morgan fingerprint density at radius 1 is 0.923 bits per heavy atom. The highest BCUT2D eigenvalue weighted by Crippen LogP contribution is 2.36. The van der Waals surface area contributed by atoms with Gasteiger partial charge in [-0.1, -0.05) is 60.7 Å². The van der Waals surface area contributed by atoms with Gasteiger partial charge in [0.1, 0.15) is 6.10 Å². The van der Waals surface area contributed by atoms with Crippen LogP contribution in [-0.2, 0) is 22.7 Å². The number of hydrogen-bond acceptors (Lipinski definition) is 4. The Balaban J connectivity index is 1.44. The van der Waals surface area contributed by atoms with Crippen LogP contribution in [0.15, 0.2) is 60.7 Å². The maximum atomic E-state index is 10.3. The number of ether oxygens (including phenoxy) is 2. The molecule has 0 radical (unpaired) electrons. The highest BCUT2D eigenvalue weighted by atomic mass is 16.5. The minimum Gasteiger partial charge on any atom is -0.391 e. The molecule has 0 aromatic heterocycles. The molecule has 0 aliphatic carbocycles. The Bertz CT molecular complexity index is 693. The van der Waals surface area contributed by atoms with E-state index in [2.05, 4.69) is 36.1 Å². The van der Waals surface area contributed by atoms with Crippen LogP contribution in [0.2, 0.25) is 0 Å². The molecule has 0 spiro atoms. The van der Waals surface area contributed by atoms with Gasteiger partial charge in [-0.15, -0.1) is 0 Å². The zero-order valence-electron chi connectivity index (χ0n) is 15.2. The summed E-state index contributed by atoms with van der Waals surface area (Å²) in [5, 5.41) is 10.3. The predicted octanol–water partition coefficient (Wildman–Crippen LogP) is 2.99. The van der Waals surface area contributed by atoms with E-state index in [1.165, 1.54) is 11.1 Å². The second-order valence-electron chi connectivity index (χ2n) is 7.40. The van der Waals surface area contributed by atoms with Crippen LogP contribution >= 0.6 is 0 Å². The highest BCUT2D eigenvalue weighted by Gasteiger charge is 2.51. The predicted molar refractivity (Wildman–Crippen MR) is 101 cm³/mol. The zero-order valence-corrected chi connectivity index (χ0v) is 15.2. The number of hydrogen-bond donors (Lipinski definition) is 1. The molecular weight excluding hydrogens is 326 g/mol. The third-order valence-corrected chi connectivity index (χ3v) is 5.72. The van der Waals surface area contributed by atoms with E-state index in [-0.39, 0.29) is 30.4 Å². The molecule has 1 N–H and O–H groups in total. The third-order valence-electron chi connectivity index (χ3n) is 5.72. The molecule has 138 valence electrons. The van der Waals surface area contributed by atoms with Gasteiger partial charge < -0.3 is 14.6 Å². The molecule has 2 aromatic rings. The maximum absolute atomic E-state index is 10.3. The number of benzene rings is 2. The van der Waals surface area contributed by atoms with E-state index < -0.39 is 0 Å². The van der Waals surface area contributed by atoms with Gasteiger partial charge >= 0.3 is 0 Å². The van der Waals surface area contributed by atoms with E-state index in [1.54, 1.807) is 0 Å². The fourth-order valence-electron chi connectivity index (χ4n) is 4.20. The van der Waals surface area contributed by atoms with Crippen LogP contribution in [-0.4, -0.2) is 46.9 Å². The average Bonchev–Trinajstić information content (AvgIpc) is 3.16. The van der Waals surface area contributed by atoms with E-state index in [9.17, 15) is 5.11 Å².